The Morgan fingerprint density at radius 3 is 2.48 bits per heavy atom. The summed E-state index contributed by atoms with van der Waals surface area (Å²) in [5.41, 5.74) is 16.4. The van der Waals surface area contributed by atoms with E-state index in [4.69, 9.17) is 5.73 Å². The van der Waals surface area contributed by atoms with E-state index in [0.29, 0.717) is 22.9 Å². The van der Waals surface area contributed by atoms with Crippen LogP contribution in [0.2, 0.25) is 0 Å². The van der Waals surface area contributed by atoms with Crippen molar-refractivity contribution in [1.82, 2.24) is 15.4 Å². The molecule has 7 heteroatoms. The molecule has 138 valence electrons. The third kappa shape index (κ3) is 4.14. The Morgan fingerprint density at radius 1 is 0.963 bits per heavy atom. The van der Waals surface area contributed by atoms with Gasteiger partial charge in [0.2, 0.25) is 0 Å². The number of nitrogens with one attached hydrogen (secondary N) is 3. The standard InChI is InChI=1S/C20H22N6O/c1-12-8-9-14(3)16(10-12)24-18-17(21)19(23-11-22-18)25-26-20(27)15-7-5-4-6-13(15)2/h4-11H,21H2,1-3H3,(H,26,27)(H2,22,23,24,25). The molecule has 0 unspecified atom stereocenters. The first-order valence-corrected chi connectivity index (χ1v) is 8.52. The van der Waals surface area contributed by atoms with Crippen LogP contribution in [-0.2, 0) is 0 Å². The molecule has 1 heterocycles. The fraction of sp³-hybridized carbons (Fsp3) is 0.150. The zero-order valence-electron chi connectivity index (χ0n) is 15.5. The predicted molar refractivity (Wildman–Crippen MR) is 108 cm³/mol. The van der Waals surface area contributed by atoms with Crippen molar-refractivity contribution in [2.75, 3.05) is 16.5 Å². The van der Waals surface area contributed by atoms with Gasteiger partial charge in [0.05, 0.1) is 0 Å². The Morgan fingerprint density at radius 2 is 1.70 bits per heavy atom. The van der Waals surface area contributed by atoms with Crippen LogP contribution in [0.15, 0.2) is 48.8 Å². The highest BCUT2D eigenvalue weighted by molar-refractivity contribution is 5.96. The predicted octanol–water partition coefficient (Wildman–Crippen LogP) is 3.48. The van der Waals surface area contributed by atoms with Crippen molar-refractivity contribution < 1.29 is 4.79 Å². The van der Waals surface area contributed by atoms with Gasteiger partial charge in [-0.2, -0.15) is 0 Å². The van der Waals surface area contributed by atoms with Gasteiger partial charge in [-0.05, 0) is 49.6 Å². The number of aryl methyl sites for hydroxylation is 3. The zero-order valence-corrected chi connectivity index (χ0v) is 15.5. The number of nitrogens with two attached hydrogens (primary N) is 1. The molecule has 0 bridgehead atoms. The Bertz CT molecular complexity index is 986. The maximum absolute atomic E-state index is 12.3. The third-order valence-corrected chi connectivity index (χ3v) is 4.21. The molecule has 3 aromatic rings. The molecule has 0 spiro atoms. The van der Waals surface area contributed by atoms with Crippen LogP contribution < -0.4 is 21.9 Å². The van der Waals surface area contributed by atoms with E-state index < -0.39 is 0 Å². The van der Waals surface area contributed by atoms with E-state index in [1.807, 2.05) is 57.2 Å². The summed E-state index contributed by atoms with van der Waals surface area (Å²) in [6, 6.07) is 13.4. The number of anilines is 4. The lowest BCUT2D eigenvalue weighted by molar-refractivity contribution is 0.0962. The number of hydrazine groups is 1. The van der Waals surface area contributed by atoms with Crippen LogP contribution in [0.5, 0.6) is 0 Å². The van der Waals surface area contributed by atoms with Gasteiger partial charge in [-0.15, -0.1) is 0 Å². The highest BCUT2D eigenvalue weighted by Crippen LogP contribution is 2.27. The highest BCUT2D eigenvalue weighted by Gasteiger charge is 2.12. The lowest BCUT2D eigenvalue weighted by atomic mass is 10.1. The van der Waals surface area contributed by atoms with E-state index >= 15 is 0 Å². The quantitative estimate of drug-likeness (QED) is 0.518. The van der Waals surface area contributed by atoms with Crippen molar-refractivity contribution in [1.29, 1.82) is 0 Å². The number of rotatable bonds is 5. The molecule has 7 nitrogen and oxygen atoms in total. The number of benzene rings is 2. The summed E-state index contributed by atoms with van der Waals surface area (Å²) in [7, 11) is 0. The molecule has 27 heavy (non-hydrogen) atoms. The van der Waals surface area contributed by atoms with Crippen molar-refractivity contribution in [3.63, 3.8) is 0 Å². The molecule has 0 radical (unpaired) electrons. The van der Waals surface area contributed by atoms with Gasteiger partial charge in [0, 0.05) is 11.3 Å². The van der Waals surface area contributed by atoms with E-state index in [1.165, 1.54) is 6.33 Å². The second-order valence-corrected chi connectivity index (χ2v) is 6.32. The number of carbonyl (C=O) groups is 1. The molecular formula is C20H22N6O. The van der Waals surface area contributed by atoms with Gasteiger partial charge in [-0.25, -0.2) is 9.97 Å². The van der Waals surface area contributed by atoms with E-state index in [2.05, 4.69) is 26.1 Å². The number of carbonyl (C=O) groups excluding carboxylic acids is 1. The topological polar surface area (TPSA) is 105 Å². The van der Waals surface area contributed by atoms with E-state index in [-0.39, 0.29) is 5.91 Å². The smallest absolute Gasteiger partial charge is 0.269 e. The lowest BCUT2D eigenvalue weighted by Crippen LogP contribution is -2.30. The van der Waals surface area contributed by atoms with E-state index in [9.17, 15) is 4.79 Å². The van der Waals surface area contributed by atoms with Gasteiger partial charge in [-0.3, -0.25) is 15.6 Å². The number of hydrogen-bond donors (Lipinski definition) is 4. The van der Waals surface area contributed by atoms with Crippen molar-refractivity contribution in [3.05, 3.63) is 71.0 Å². The summed E-state index contributed by atoms with van der Waals surface area (Å²) in [4.78, 5) is 20.6. The van der Waals surface area contributed by atoms with Crippen LogP contribution in [0.3, 0.4) is 0 Å². The molecule has 3 rings (SSSR count). The molecule has 1 aromatic heterocycles. The van der Waals surface area contributed by atoms with Crippen molar-refractivity contribution >= 4 is 28.9 Å². The van der Waals surface area contributed by atoms with Gasteiger partial charge in [-0.1, -0.05) is 30.3 Å². The molecule has 0 aliphatic carbocycles. The summed E-state index contributed by atoms with van der Waals surface area (Å²) in [6.07, 6.45) is 1.38. The van der Waals surface area contributed by atoms with Crippen LogP contribution in [0, 0.1) is 20.8 Å². The highest BCUT2D eigenvalue weighted by atomic mass is 16.2. The van der Waals surface area contributed by atoms with Crippen LogP contribution in [0.4, 0.5) is 23.0 Å². The van der Waals surface area contributed by atoms with Crippen LogP contribution in [0.25, 0.3) is 0 Å². The Labute approximate surface area is 158 Å². The Kier molecular flexibility index (Phi) is 5.21. The number of nitrogen functional groups attached to an aromatic ring is 1. The second kappa shape index (κ2) is 7.74. The SMILES string of the molecule is Cc1ccc(C)c(Nc2ncnc(NNC(=O)c3ccccc3C)c2N)c1. The van der Waals surface area contributed by atoms with Crippen LogP contribution in [0.1, 0.15) is 27.0 Å². The fourth-order valence-corrected chi connectivity index (χ4v) is 2.60. The lowest BCUT2D eigenvalue weighted by Gasteiger charge is -2.15. The largest absolute Gasteiger partial charge is 0.393 e. The molecule has 0 fully saturated rings. The molecule has 0 aliphatic heterocycles. The minimum atomic E-state index is -0.268. The zero-order chi connectivity index (χ0) is 19.4. The number of hydrogen-bond acceptors (Lipinski definition) is 6. The maximum atomic E-state index is 12.3. The summed E-state index contributed by atoms with van der Waals surface area (Å²) in [5, 5.41) is 3.22. The summed E-state index contributed by atoms with van der Waals surface area (Å²) >= 11 is 0. The number of aromatic nitrogens is 2. The van der Waals surface area contributed by atoms with Gasteiger partial charge in [0.25, 0.3) is 5.91 Å². The molecule has 2 aromatic carbocycles. The van der Waals surface area contributed by atoms with Crippen molar-refractivity contribution in [3.8, 4) is 0 Å². The van der Waals surface area contributed by atoms with Gasteiger partial charge in [0.15, 0.2) is 11.6 Å². The average molecular weight is 362 g/mol. The second-order valence-electron chi connectivity index (χ2n) is 6.32. The summed E-state index contributed by atoms with van der Waals surface area (Å²) < 4.78 is 0. The average Bonchev–Trinajstić information content (AvgIpc) is 2.65. The maximum Gasteiger partial charge on any atom is 0.269 e. The van der Waals surface area contributed by atoms with E-state index in [0.717, 1.165) is 22.4 Å². The molecule has 0 saturated carbocycles. The van der Waals surface area contributed by atoms with Crippen LogP contribution >= 0.6 is 0 Å². The molecular weight excluding hydrogens is 340 g/mol. The number of amides is 1. The normalized spacial score (nSPS) is 10.3. The Hall–Kier alpha value is -3.61. The molecule has 0 aliphatic rings. The minimum Gasteiger partial charge on any atom is -0.393 e. The van der Waals surface area contributed by atoms with Gasteiger partial charge in [0.1, 0.15) is 12.0 Å². The summed E-state index contributed by atoms with van der Waals surface area (Å²) in [6.45, 7) is 5.89. The first-order valence-electron chi connectivity index (χ1n) is 8.52. The molecule has 0 saturated heterocycles. The van der Waals surface area contributed by atoms with Crippen molar-refractivity contribution in [2.24, 2.45) is 0 Å². The van der Waals surface area contributed by atoms with E-state index in [1.54, 1.807) is 6.07 Å². The number of nitrogens with zero attached hydrogens (tertiary/aromatic N) is 2. The van der Waals surface area contributed by atoms with Crippen LogP contribution in [-0.4, -0.2) is 15.9 Å². The summed E-state index contributed by atoms with van der Waals surface area (Å²) in [5.74, 6) is 0.515. The molecule has 5 N–H and O–H groups in total. The fourth-order valence-electron chi connectivity index (χ4n) is 2.60. The first-order chi connectivity index (χ1) is 13.0. The van der Waals surface area contributed by atoms with Gasteiger partial charge < -0.3 is 11.1 Å². The first kappa shape index (κ1) is 18.2. The monoisotopic (exact) mass is 362 g/mol. The van der Waals surface area contributed by atoms with Gasteiger partial charge >= 0.3 is 0 Å². The minimum absolute atomic E-state index is 0.268. The molecule has 0 atom stereocenters. The Balaban J connectivity index is 1.76. The third-order valence-electron chi connectivity index (χ3n) is 4.21. The van der Waals surface area contributed by atoms with Crippen molar-refractivity contribution in [2.45, 2.75) is 20.8 Å². The molecule has 1 amide bonds.